The molecule has 186 valence electrons. The Labute approximate surface area is 208 Å². The summed E-state index contributed by atoms with van der Waals surface area (Å²) >= 11 is 6.26. The van der Waals surface area contributed by atoms with E-state index in [1.54, 1.807) is 18.2 Å². The van der Waals surface area contributed by atoms with E-state index < -0.39 is 23.1 Å². The van der Waals surface area contributed by atoms with Gasteiger partial charge in [-0.05, 0) is 48.0 Å². The number of hydrogen-bond donors (Lipinski definition) is 0. The largest absolute Gasteiger partial charge is 0.497 e. The highest BCUT2D eigenvalue weighted by Crippen LogP contribution is 2.41. The van der Waals surface area contributed by atoms with Crippen LogP contribution >= 0.6 is 11.6 Å². The molecule has 4 aromatic rings. The number of nitrogens with zero attached hydrogens (tertiary/aromatic N) is 1. The Morgan fingerprint density at radius 2 is 1.75 bits per heavy atom. The zero-order valence-corrected chi connectivity index (χ0v) is 19.7. The second-order valence-electron chi connectivity index (χ2n) is 8.14. The van der Waals surface area contributed by atoms with Crippen molar-refractivity contribution in [3.05, 3.63) is 92.8 Å². The molecule has 0 radical (unpaired) electrons. The van der Waals surface area contributed by atoms with Gasteiger partial charge >= 0.3 is 6.18 Å². The zero-order chi connectivity index (χ0) is 25.4. The van der Waals surface area contributed by atoms with Crippen molar-refractivity contribution >= 4 is 22.6 Å². The maximum absolute atomic E-state index is 14.0. The van der Waals surface area contributed by atoms with Crippen molar-refractivity contribution in [3.63, 3.8) is 0 Å². The lowest BCUT2D eigenvalue weighted by Crippen LogP contribution is -2.32. The molecule has 0 amide bonds. The summed E-state index contributed by atoms with van der Waals surface area (Å²) in [5.41, 5.74) is 0.0321. The van der Waals surface area contributed by atoms with E-state index in [9.17, 15) is 18.0 Å². The van der Waals surface area contributed by atoms with Crippen molar-refractivity contribution in [1.29, 1.82) is 0 Å². The summed E-state index contributed by atoms with van der Waals surface area (Å²) in [5.74, 6) is -1.60. The molecule has 1 aliphatic rings. The molecule has 5 rings (SSSR count). The number of rotatable bonds is 5. The first-order valence-corrected chi connectivity index (χ1v) is 11.2. The van der Waals surface area contributed by atoms with E-state index in [0.29, 0.717) is 28.6 Å². The molecule has 2 heterocycles. The highest BCUT2D eigenvalue weighted by Gasteiger charge is 2.41. The molecule has 0 fully saturated rings. The molecule has 0 N–H and O–H groups in total. The highest BCUT2D eigenvalue weighted by atomic mass is 35.5. The summed E-state index contributed by atoms with van der Waals surface area (Å²) in [6.45, 7) is 0.778. The number of hydrogen-bond acceptors (Lipinski definition) is 6. The molecule has 0 saturated heterocycles. The maximum Gasteiger partial charge on any atom is 0.453 e. The average Bonchev–Trinajstić information content (AvgIpc) is 2.86. The van der Waals surface area contributed by atoms with E-state index in [1.807, 2.05) is 17.0 Å². The molecule has 0 unspecified atom stereocenters. The predicted octanol–water partition coefficient (Wildman–Crippen LogP) is 6.62. The second-order valence-corrected chi connectivity index (χ2v) is 8.54. The Hall–Kier alpha value is -3.69. The zero-order valence-electron chi connectivity index (χ0n) is 18.9. The SMILES string of the molecule is COc1ccc(Oc2c(C(F)(F)F)oc3c4c(ccc3c2=O)OCN(Cc2ccccc2Cl)C4)cc1. The van der Waals surface area contributed by atoms with Gasteiger partial charge in [-0.15, -0.1) is 0 Å². The van der Waals surface area contributed by atoms with E-state index in [1.165, 1.54) is 37.4 Å². The Morgan fingerprint density at radius 1 is 1.03 bits per heavy atom. The summed E-state index contributed by atoms with van der Waals surface area (Å²) in [5, 5.41) is 0.515. The van der Waals surface area contributed by atoms with Crippen LogP contribution in [0, 0.1) is 0 Å². The third-order valence-electron chi connectivity index (χ3n) is 5.75. The number of methoxy groups -OCH3 is 1. The maximum atomic E-state index is 14.0. The molecule has 0 aliphatic carbocycles. The first kappa shape index (κ1) is 24.0. The fourth-order valence-corrected chi connectivity index (χ4v) is 4.20. The van der Waals surface area contributed by atoms with E-state index in [0.717, 1.165) is 5.56 Å². The number of halogens is 4. The van der Waals surface area contributed by atoms with Gasteiger partial charge in [0.2, 0.25) is 11.2 Å². The van der Waals surface area contributed by atoms with Crippen molar-refractivity contribution in [2.45, 2.75) is 19.3 Å². The Kier molecular flexibility index (Phi) is 6.27. The number of fused-ring (bicyclic) bond motifs is 3. The number of alkyl halides is 3. The standard InChI is InChI=1S/C26H19ClF3NO5/c1-33-16-6-8-17(9-7-16)35-24-22(32)18-10-11-21-19(23(18)36-25(24)26(28,29)30)13-31(14-34-21)12-15-4-2-3-5-20(15)27/h2-11H,12-14H2,1H3. The average molecular weight is 518 g/mol. The van der Waals surface area contributed by atoms with Crippen molar-refractivity contribution in [2.24, 2.45) is 0 Å². The van der Waals surface area contributed by atoms with E-state index in [-0.39, 0.29) is 30.0 Å². The first-order valence-electron chi connectivity index (χ1n) is 10.8. The van der Waals surface area contributed by atoms with Gasteiger partial charge in [-0.3, -0.25) is 9.69 Å². The minimum Gasteiger partial charge on any atom is -0.497 e. The van der Waals surface area contributed by atoms with Gasteiger partial charge in [-0.1, -0.05) is 29.8 Å². The third-order valence-corrected chi connectivity index (χ3v) is 6.12. The fraction of sp³-hybridized carbons (Fsp3) is 0.192. The lowest BCUT2D eigenvalue weighted by atomic mass is 10.1. The fourth-order valence-electron chi connectivity index (χ4n) is 4.00. The number of ether oxygens (including phenoxy) is 3. The van der Waals surface area contributed by atoms with Gasteiger partial charge in [-0.2, -0.15) is 13.2 Å². The molecule has 10 heteroatoms. The quantitative estimate of drug-likeness (QED) is 0.296. The molecule has 0 spiro atoms. The molecule has 36 heavy (non-hydrogen) atoms. The summed E-state index contributed by atoms with van der Waals surface area (Å²) < 4.78 is 63.7. The molecular formula is C26H19ClF3NO5. The van der Waals surface area contributed by atoms with Gasteiger partial charge in [0, 0.05) is 18.1 Å². The summed E-state index contributed by atoms with van der Waals surface area (Å²) in [7, 11) is 1.45. The minimum atomic E-state index is -4.98. The summed E-state index contributed by atoms with van der Waals surface area (Å²) in [6, 6.07) is 16.0. The van der Waals surface area contributed by atoms with Gasteiger partial charge in [0.25, 0.3) is 5.76 Å². The van der Waals surface area contributed by atoms with Crippen LogP contribution in [-0.4, -0.2) is 18.7 Å². The van der Waals surface area contributed by atoms with Gasteiger partial charge in [0.1, 0.15) is 29.6 Å². The molecule has 1 aliphatic heterocycles. The molecular weight excluding hydrogens is 499 g/mol. The Bertz CT molecular complexity index is 1480. The van der Waals surface area contributed by atoms with E-state index >= 15 is 0 Å². The lowest BCUT2D eigenvalue weighted by molar-refractivity contribution is -0.154. The minimum absolute atomic E-state index is 0.0279. The van der Waals surface area contributed by atoms with Crippen LogP contribution in [0.2, 0.25) is 5.02 Å². The Balaban J connectivity index is 1.58. The molecule has 0 atom stereocenters. The van der Waals surface area contributed by atoms with E-state index in [2.05, 4.69) is 0 Å². The van der Waals surface area contributed by atoms with Crippen LogP contribution in [0.5, 0.6) is 23.0 Å². The van der Waals surface area contributed by atoms with Crippen LogP contribution in [0.4, 0.5) is 13.2 Å². The van der Waals surface area contributed by atoms with Crippen molar-refractivity contribution in [3.8, 4) is 23.0 Å². The van der Waals surface area contributed by atoms with Crippen molar-refractivity contribution in [2.75, 3.05) is 13.8 Å². The van der Waals surface area contributed by atoms with Gasteiger partial charge < -0.3 is 18.6 Å². The summed E-state index contributed by atoms with van der Waals surface area (Å²) in [6.07, 6.45) is -4.98. The highest BCUT2D eigenvalue weighted by molar-refractivity contribution is 6.31. The van der Waals surface area contributed by atoms with Crippen LogP contribution in [-0.2, 0) is 19.3 Å². The second kappa shape index (κ2) is 9.40. The van der Waals surface area contributed by atoms with Gasteiger partial charge in [0.05, 0.1) is 18.1 Å². The van der Waals surface area contributed by atoms with Gasteiger partial charge in [-0.25, -0.2) is 0 Å². The predicted molar refractivity (Wildman–Crippen MR) is 127 cm³/mol. The Morgan fingerprint density at radius 3 is 2.44 bits per heavy atom. The molecule has 0 bridgehead atoms. The third kappa shape index (κ3) is 4.59. The van der Waals surface area contributed by atoms with E-state index in [4.69, 9.17) is 30.2 Å². The topological polar surface area (TPSA) is 61.1 Å². The first-order chi connectivity index (χ1) is 17.2. The normalized spacial score (nSPS) is 13.8. The molecule has 0 saturated carbocycles. The van der Waals surface area contributed by atoms with Crippen LogP contribution < -0.4 is 19.6 Å². The summed E-state index contributed by atoms with van der Waals surface area (Å²) in [4.78, 5) is 15.1. The van der Waals surface area contributed by atoms with Crippen LogP contribution in [0.1, 0.15) is 16.9 Å². The molecule has 1 aromatic heterocycles. The number of benzene rings is 3. The molecule has 6 nitrogen and oxygen atoms in total. The smallest absolute Gasteiger partial charge is 0.453 e. The molecule has 3 aromatic carbocycles. The van der Waals surface area contributed by atoms with Crippen LogP contribution in [0.25, 0.3) is 11.0 Å². The monoisotopic (exact) mass is 517 g/mol. The van der Waals surface area contributed by atoms with Crippen molar-refractivity contribution in [1.82, 2.24) is 4.90 Å². The van der Waals surface area contributed by atoms with Crippen molar-refractivity contribution < 1.29 is 31.8 Å². The van der Waals surface area contributed by atoms with Crippen LogP contribution in [0.3, 0.4) is 0 Å². The van der Waals surface area contributed by atoms with Gasteiger partial charge in [0.15, 0.2) is 0 Å². The van der Waals surface area contributed by atoms with Crippen LogP contribution in [0.15, 0.2) is 69.9 Å². The lowest BCUT2D eigenvalue weighted by Gasteiger charge is -2.29.